The van der Waals surface area contributed by atoms with Crippen LogP contribution in [0.3, 0.4) is 0 Å². The van der Waals surface area contributed by atoms with E-state index in [0.29, 0.717) is 5.57 Å². The Kier molecular flexibility index (Phi) is 3.02. The molecule has 1 aliphatic rings. The lowest BCUT2D eigenvalue weighted by Gasteiger charge is -2.23. The van der Waals surface area contributed by atoms with Crippen LogP contribution < -0.4 is 5.73 Å². The van der Waals surface area contributed by atoms with E-state index in [4.69, 9.17) is 10.5 Å². The molecular weight excluding hydrogens is 196 g/mol. The lowest BCUT2D eigenvalue weighted by molar-refractivity contribution is -0.114. The van der Waals surface area contributed by atoms with Gasteiger partial charge in [-0.1, -0.05) is 0 Å². The Morgan fingerprint density at radius 2 is 2.07 bits per heavy atom. The molecular formula is C10H16N2O3. The number of carbonyl (C=O) groups excluding carboxylic acids is 2. The van der Waals surface area contributed by atoms with Crippen molar-refractivity contribution in [2.75, 3.05) is 13.1 Å². The normalized spacial score (nSPS) is 19.8. The number of likely N-dealkylation sites (tertiary alicyclic amines) is 1. The summed E-state index contributed by atoms with van der Waals surface area (Å²) in [6.07, 6.45) is 0.764. The maximum absolute atomic E-state index is 11.6. The van der Waals surface area contributed by atoms with E-state index in [9.17, 15) is 9.59 Å². The second kappa shape index (κ2) is 3.92. The fourth-order valence-electron chi connectivity index (χ4n) is 1.23. The fraction of sp³-hybridized carbons (Fsp3) is 0.600. The van der Waals surface area contributed by atoms with Gasteiger partial charge in [0.1, 0.15) is 5.60 Å². The van der Waals surface area contributed by atoms with Gasteiger partial charge in [0.05, 0.1) is 13.1 Å². The molecule has 5 nitrogen and oxygen atoms in total. The minimum Gasteiger partial charge on any atom is -0.444 e. The molecule has 0 aliphatic carbocycles. The molecule has 84 valence electrons. The second-order valence-electron chi connectivity index (χ2n) is 4.45. The highest BCUT2D eigenvalue weighted by Crippen LogP contribution is 2.15. The molecule has 5 heteroatoms. The minimum atomic E-state index is -0.546. The molecule has 1 rings (SSSR count). The molecule has 1 fully saturated rings. The fourth-order valence-corrected chi connectivity index (χ4v) is 1.23. The summed E-state index contributed by atoms with van der Waals surface area (Å²) < 4.78 is 5.13. The predicted molar refractivity (Wildman–Crippen MR) is 55.1 cm³/mol. The Hall–Kier alpha value is -1.52. The van der Waals surface area contributed by atoms with Crippen molar-refractivity contribution < 1.29 is 14.3 Å². The predicted octanol–water partition coefficient (Wildman–Crippen LogP) is 0.649. The van der Waals surface area contributed by atoms with Crippen LogP contribution in [-0.4, -0.2) is 35.5 Å². The van der Waals surface area contributed by atoms with E-state index >= 15 is 0 Å². The zero-order chi connectivity index (χ0) is 11.6. The minimum absolute atomic E-state index is 0.0535. The van der Waals surface area contributed by atoms with Crippen molar-refractivity contribution in [2.45, 2.75) is 26.4 Å². The highest BCUT2D eigenvalue weighted by molar-refractivity contribution is 6.01. The van der Waals surface area contributed by atoms with Crippen LogP contribution in [0.2, 0.25) is 0 Å². The number of hydrogen-bond acceptors (Lipinski definition) is 4. The molecule has 0 atom stereocenters. The third-order valence-electron chi connectivity index (χ3n) is 1.91. The summed E-state index contributed by atoms with van der Waals surface area (Å²) in [6.45, 7) is 5.63. The van der Waals surface area contributed by atoms with Crippen molar-refractivity contribution in [3.63, 3.8) is 0 Å². The Bertz CT molecular complexity index is 315. The molecule has 2 N–H and O–H groups in total. The molecule has 0 spiro atoms. The summed E-state index contributed by atoms with van der Waals surface area (Å²) in [5.74, 6) is -0.122. The average molecular weight is 212 g/mol. The van der Waals surface area contributed by atoms with Crippen LogP contribution >= 0.6 is 0 Å². The third-order valence-corrected chi connectivity index (χ3v) is 1.91. The Balaban J connectivity index is 2.62. The molecule has 1 saturated heterocycles. The topological polar surface area (TPSA) is 72.6 Å². The number of Topliss-reactive ketones (excluding diaryl/α,β-unsaturated/α-hetero) is 1. The molecule has 15 heavy (non-hydrogen) atoms. The van der Waals surface area contributed by atoms with Gasteiger partial charge in [0.25, 0.3) is 0 Å². The maximum atomic E-state index is 11.6. The van der Waals surface area contributed by atoms with Crippen molar-refractivity contribution in [3.8, 4) is 0 Å². The SMILES string of the molecule is CC(C)(C)OC(=O)N1CC(=O)C(=CN)C1. The first-order valence-corrected chi connectivity index (χ1v) is 4.75. The summed E-state index contributed by atoms with van der Waals surface area (Å²) in [5, 5.41) is 0. The number of nitrogens with two attached hydrogens (primary N) is 1. The summed E-state index contributed by atoms with van der Waals surface area (Å²) in [7, 11) is 0. The molecule has 0 radical (unpaired) electrons. The van der Waals surface area contributed by atoms with Crippen LogP contribution in [-0.2, 0) is 9.53 Å². The quantitative estimate of drug-likeness (QED) is 0.598. The van der Waals surface area contributed by atoms with Gasteiger partial charge in [0, 0.05) is 11.8 Å². The number of amides is 1. The molecule has 0 bridgehead atoms. The van der Waals surface area contributed by atoms with Crippen molar-refractivity contribution >= 4 is 11.9 Å². The smallest absolute Gasteiger partial charge is 0.411 e. The van der Waals surface area contributed by atoms with Gasteiger partial charge in [0.2, 0.25) is 0 Å². The second-order valence-corrected chi connectivity index (χ2v) is 4.45. The summed E-state index contributed by atoms with van der Waals surface area (Å²) in [5.41, 5.74) is 5.16. The van der Waals surface area contributed by atoms with Crippen molar-refractivity contribution in [3.05, 3.63) is 11.8 Å². The van der Waals surface area contributed by atoms with Gasteiger partial charge in [-0.15, -0.1) is 0 Å². The van der Waals surface area contributed by atoms with E-state index < -0.39 is 11.7 Å². The standard InChI is InChI=1S/C10H16N2O3/c1-10(2,3)15-9(14)12-5-7(4-11)8(13)6-12/h4H,5-6,11H2,1-3H3. The van der Waals surface area contributed by atoms with Gasteiger partial charge in [0.15, 0.2) is 5.78 Å². The number of rotatable bonds is 0. The highest BCUT2D eigenvalue weighted by Gasteiger charge is 2.31. The average Bonchev–Trinajstić information content (AvgIpc) is 2.43. The van der Waals surface area contributed by atoms with Crippen LogP contribution in [0.15, 0.2) is 11.8 Å². The first-order valence-electron chi connectivity index (χ1n) is 4.75. The van der Waals surface area contributed by atoms with Gasteiger partial charge < -0.3 is 10.5 Å². The molecule has 0 unspecified atom stereocenters. The van der Waals surface area contributed by atoms with Gasteiger partial charge in [-0.2, -0.15) is 0 Å². The molecule has 1 heterocycles. The molecule has 0 aromatic rings. The monoisotopic (exact) mass is 212 g/mol. The van der Waals surface area contributed by atoms with Gasteiger partial charge >= 0.3 is 6.09 Å². The van der Waals surface area contributed by atoms with Crippen molar-refractivity contribution in [2.24, 2.45) is 5.73 Å². The molecule has 1 amide bonds. The van der Waals surface area contributed by atoms with Crippen molar-refractivity contribution in [1.29, 1.82) is 0 Å². The largest absolute Gasteiger partial charge is 0.444 e. The summed E-state index contributed by atoms with van der Waals surface area (Å²) >= 11 is 0. The lowest BCUT2D eigenvalue weighted by Crippen LogP contribution is -2.35. The van der Waals surface area contributed by atoms with E-state index in [1.807, 2.05) is 0 Å². The third kappa shape index (κ3) is 2.97. The number of nitrogens with zero attached hydrogens (tertiary/aromatic N) is 1. The van der Waals surface area contributed by atoms with Gasteiger partial charge in [-0.25, -0.2) is 4.79 Å². The van der Waals surface area contributed by atoms with Crippen LogP contribution in [0.5, 0.6) is 0 Å². The van der Waals surface area contributed by atoms with E-state index in [1.54, 1.807) is 20.8 Å². The maximum Gasteiger partial charge on any atom is 0.411 e. The number of carbonyl (C=O) groups is 2. The van der Waals surface area contributed by atoms with E-state index in [2.05, 4.69) is 0 Å². The summed E-state index contributed by atoms with van der Waals surface area (Å²) in [6, 6.07) is 0. The lowest BCUT2D eigenvalue weighted by atomic mass is 10.2. The van der Waals surface area contributed by atoms with E-state index in [0.717, 1.165) is 0 Å². The van der Waals surface area contributed by atoms with Crippen molar-refractivity contribution in [1.82, 2.24) is 4.90 Å². The zero-order valence-corrected chi connectivity index (χ0v) is 9.24. The number of ketones is 1. The molecule has 0 aromatic carbocycles. The first-order chi connectivity index (χ1) is 6.83. The van der Waals surface area contributed by atoms with Crippen LogP contribution in [0.4, 0.5) is 4.79 Å². The van der Waals surface area contributed by atoms with Crippen LogP contribution in [0.1, 0.15) is 20.8 Å². The zero-order valence-electron chi connectivity index (χ0n) is 9.24. The number of ether oxygens (including phenoxy) is 1. The van der Waals surface area contributed by atoms with E-state index in [1.165, 1.54) is 11.1 Å². The molecule has 1 aliphatic heterocycles. The van der Waals surface area contributed by atoms with Gasteiger partial charge in [-0.05, 0) is 20.8 Å². The molecule has 0 saturated carbocycles. The molecule has 0 aromatic heterocycles. The Morgan fingerprint density at radius 3 is 2.47 bits per heavy atom. The Labute approximate surface area is 88.9 Å². The number of hydrogen-bond donors (Lipinski definition) is 1. The van der Waals surface area contributed by atoms with Crippen LogP contribution in [0, 0.1) is 0 Å². The van der Waals surface area contributed by atoms with Crippen LogP contribution in [0.25, 0.3) is 0 Å². The van der Waals surface area contributed by atoms with Gasteiger partial charge in [-0.3, -0.25) is 9.69 Å². The highest BCUT2D eigenvalue weighted by atomic mass is 16.6. The van der Waals surface area contributed by atoms with E-state index in [-0.39, 0.29) is 18.9 Å². The first kappa shape index (κ1) is 11.6. The Morgan fingerprint density at radius 1 is 1.47 bits per heavy atom. The summed E-state index contributed by atoms with van der Waals surface area (Å²) in [4.78, 5) is 24.2.